The van der Waals surface area contributed by atoms with Crippen LogP contribution in [0.4, 0.5) is 5.69 Å². The van der Waals surface area contributed by atoms with E-state index in [0.29, 0.717) is 16.7 Å². The summed E-state index contributed by atoms with van der Waals surface area (Å²) in [6.45, 7) is 3.94. The number of nitrogens with two attached hydrogens (primary N) is 1. The van der Waals surface area contributed by atoms with Gasteiger partial charge in [0.1, 0.15) is 11.3 Å². The van der Waals surface area contributed by atoms with Gasteiger partial charge in [-0.2, -0.15) is 0 Å². The van der Waals surface area contributed by atoms with Crippen LogP contribution in [-0.4, -0.2) is 11.1 Å². The topological polar surface area (TPSA) is 61.3 Å². The molecule has 0 aliphatic rings. The molecule has 1 heterocycles. The van der Waals surface area contributed by atoms with Crippen molar-refractivity contribution in [3.8, 4) is 5.75 Å². The first kappa shape index (κ1) is 13.8. The molecule has 0 fully saturated rings. The van der Waals surface area contributed by atoms with Crippen LogP contribution in [0.2, 0.25) is 0 Å². The van der Waals surface area contributed by atoms with Gasteiger partial charge in [-0.05, 0) is 55.9 Å². The number of oxazole rings is 1. The molecule has 0 saturated heterocycles. The van der Waals surface area contributed by atoms with Crippen LogP contribution in [0.25, 0.3) is 11.1 Å². The standard InChI is InChI=1S/C16H16N2O2S/c1-10(2)19-15-9-11(7-8-12(15)17)21-16-18-13-5-3-4-6-14(13)20-16/h3-10H,17H2,1-2H3. The molecule has 0 bridgehead atoms. The highest BCUT2D eigenvalue weighted by molar-refractivity contribution is 7.99. The molecule has 0 radical (unpaired) electrons. The summed E-state index contributed by atoms with van der Waals surface area (Å²) in [7, 11) is 0. The Morgan fingerprint density at radius 1 is 1.19 bits per heavy atom. The third-order valence-corrected chi connectivity index (χ3v) is 3.67. The molecular formula is C16H16N2O2S. The van der Waals surface area contributed by atoms with Crippen molar-refractivity contribution in [2.75, 3.05) is 5.73 Å². The first-order chi connectivity index (χ1) is 10.1. The predicted octanol–water partition coefficient (Wildman–Crippen LogP) is 4.35. The zero-order chi connectivity index (χ0) is 14.8. The van der Waals surface area contributed by atoms with E-state index in [1.54, 1.807) is 0 Å². The number of benzene rings is 2. The van der Waals surface area contributed by atoms with Crippen molar-refractivity contribution >= 4 is 28.5 Å². The Labute approximate surface area is 127 Å². The Morgan fingerprint density at radius 2 is 2.00 bits per heavy atom. The van der Waals surface area contributed by atoms with Crippen molar-refractivity contribution in [1.29, 1.82) is 0 Å². The number of hydrogen-bond acceptors (Lipinski definition) is 5. The SMILES string of the molecule is CC(C)Oc1cc(Sc2nc3ccccc3o2)ccc1N. The molecule has 2 N–H and O–H groups in total. The first-order valence-corrected chi connectivity index (χ1v) is 7.53. The highest BCUT2D eigenvalue weighted by Gasteiger charge is 2.10. The number of aromatic nitrogens is 1. The summed E-state index contributed by atoms with van der Waals surface area (Å²) in [6, 6.07) is 13.4. The number of nitrogen functional groups attached to an aromatic ring is 1. The molecule has 0 saturated carbocycles. The first-order valence-electron chi connectivity index (χ1n) is 6.71. The molecule has 0 aliphatic heterocycles. The molecule has 4 nitrogen and oxygen atoms in total. The maximum Gasteiger partial charge on any atom is 0.261 e. The molecular weight excluding hydrogens is 284 g/mol. The van der Waals surface area contributed by atoms with Crippen molar-refractivity contribution in [1.82, 2.24) is 4.98 Å². The van der Waals surface area contributed by atoms with E-state index in [1.165, 1.54) is 11.8 Å². The Balaban J connectivity index is 1.87. The van der Waals surface area contributed by atoms with Gasteiger partial charge >= 0.3 is 0 Å². The molecule has 0 amide bonds. The van der Waals surface area contributed by atoms with E-state index in [-0.39, 0.29) is 6.10 Å². The van der Waals surface area contributed by atoms with E-state index in [0.717, 1.165) is 16.0 Å². The minimum absolute atomic E-state index is 0.0804. The highest BCUT2D eigenvalue weighted by Crippen LogP contribution is 2.34. The zero-order valence-electron chi connectivity index (χ0n) is 11.9. The molecule has 21 heavy (non-hydrogen) atoms. The number of anilines is 1. The summed E-state index contributed by atoms with van der Waals surface area (Å²) in [6.07, 6.45) is 0.0804. The fourth-order valence-corrected chi connectivity index (χ4v) is 2.71. The van der Waals surface area contributed by atoms with E-state index >= 15 is 0 Å². The lowest BCUT2D eigenvalue weighted by Gasteiger charge is -2.12. The third kappa shape index (κ3) is 3.13. The molecule has 0 atom stereocenters. The van der Waals surface area contributed by atoms with E-state index in [4.69, 9.17) is 14.9 Å². The number of nitrogens with zero attached hydrogens (tertiary/aromatic N) is 1. The maximum atomic E-state index is 5.92. The molecule has 1 aromatic heterocycles. The van der Waals surface area contributed by atoms with Gasteiger partial charge in [0.2, 0.25) is 0 Å². The van der Waals surface area contributed by atoms with Crippen molar-refractivity contribution in [2.24, 2.45) is 0 Å². The van der Waals surface area contributed by atoms with Gasteiger partial charge in [-0.25, -0.2) is 4.98 Å². The normalized spacial score (nSPS) is 11.2. The van der Waals surface area contributed by atoms with Crippen molar-refractivity contribution in [3.05, 3.63) is 42.5 Å². The van der Waals surface area contributed by atoms with Crippen LogP contribution in [-0.2, 0) is 0 Å². The predicted molar refractivity (Wildman–Crippen MR) is 84.8 cm³/mol. The van der Waals surface area contributed by atoms with E-state index < -0.39 is 0 Å². The van der Waals surface area contributed by atoms with Gasteiger partial charge < -0.3 is 14.9 Å². The van der Waals surface area contributed by atoms with Gasteiger partial charge in [-0.15, -0.1) is 0 Å². The van der Waals surface area contributed by atoms with Crippen LogP contribution < -0.4 is 10.5 Å². The lowest BCUT2D eigenvalue weighted by molar-refractivity contribution is 0.243. The number of para-hydroxylation sites is 2. The second kappa shape index (κ2) is 5.69. The Bertz CT molecular complexity index is 735. The summed E-state index contributed by atoms with van der Waals surface area (Å²) in [5.41, 5.74) is 8.19. The van der Waals surface area contributed by atoms with Crippen molar-refractivity contribution < 1.29 is 9.15 Å². The highest BCUT2D eigenvalue weighted by atomic mass is 32.2. The smallest absolute Gasteiger partial charge is 0.261 e. The van der Waals surface area contributed by atoms with Gasteiger partial charge in [0.15, 0.2) is 5.58 Å². The zero-order valence-corrected chi connectivity index (χ0v) is 12.7. The van der Waals surface area contributed by atoms with Crippen LogP contribution in [0.15, 0.2) is 57.0 Å². The van der Waals surface area contributed by atoms with E-state index in [9.17, 15) is 0 Å². The molecule has 5 heteroatoms. The average Bonchev–Trinajstić information content (AvgIpc) is 2.84. The largest absolute Gasteiger partial charge is 0.489 e. The van der Waals surface area contributed by atoms with Gasteiger partial charge in [0.05, 0.1) is 11.8 Å². The molecule has 0 aliphatic carbocycles. The molecule has 0 unspecified atom stereocenters. The minimum atomic E-state index is 0.0804. The summed E-state index contributed by atoms with van der Waals surface area (Å²) >= 11 is 1.45. The summed E-state index contributed by atoms with van der Waals surface area (Å²) in [5.74, 6) is 0.686. The second-order valence-electron chi connectivity index (χ2n) is 4.92. The Kier molecular flexibility index (Phi) is 3.75. The fourth-order valence-electron chi connectivity index (χ4n) is 1.93. The van der Waals surface area contributed by atoms with Crippen LogP contribution in [0.1, 0.15) is 13.8 Å². The number of fused-ring (bicyclic) bond motifs is 1. The third-order valence-electron chi connectivity index (χ3n) is 2.83. The summed E-state index contributed by atoms with van der Waals surface area (Å²) in [4.78, 5) is 5.42. The molecule has 3 rings (SSSR count). The average molecular weight is 300 g/mol. The minimum Gasteiger partial charge on any atom is -0.489 e. The quantitative estimate of drug-likeness (QED) is 0.726. The van der Waals surface area contributed by atoms with Crippen LogP contribution in [0.3, 0.4) is 0 Å². The molecule has 3 aromatic rings. The molecule has 2 aromatic carbocycles. The van der Waals surface area contributed by atoms with Gasteiger partial charge in [-0.1, -0.05) is 12.1 Å². The van der Waals surface area contributed by atoms with Gasteiger partial charge in [0.25, 0.3) is 5.22 Å². The number of rotatable bonds is 4. The second-order valence-corrected chi connectivity index (χ2v) is 5.94. The maximum absolute atomic E-state index is 5.92. The lowest BCUT2D eigenvalue weighted by Crippen LogP contribution is -2.07. The van der Waals surface area contributed by atoms with E-state index in [1.807, 2.05) is 56.3 Å². The number of hydrogen-bond donors (Lipinski definition) is 1. The molecule has 0 spiro atoms. The van der Waals surface area contributed by atoms with Crippen LogP contribution in [0, 0.1) is 0 Å². The van der Waals surface area contributed by atoms with Crippen molar-refractivity contribution in [2.45, 2.75) is 30.1 Å². The Morgan fingerprint density at radius 3 is 2.76 bits per heavy atom. The lowest BCUT2D eigenvalue weighted by atomic mass is 10.3. The van der Waals surface area contributed by atoms with Gasteiger partial charge in [-0.3, -0.25) is 0 Å². The monoisotopic (exact) mass is 300 g/mol. The Hall–Kier alpha value is -2.14. The summed E-state index contributed by atoms with van der Waals surface area (Å²) in [5, 5.41) is 0.608. The van der Waals surface area contributed by atoms with Crippen molar-refractivity contribution in [3.63, 3.8) is 0 Å². The van der Waals surface area contributed by atoms with Gasteiger partial charge in [0, 0.05) is 4.90 Å². The summed E-state index contributed by atoms with van der Waals surface area (Å²) < 4.78 is 11.4. The van der Waals surface area contributed by atoms with E-state index in [2.05, 4.69) is 4.98 Å². The van der Waals surface area contributed by atoms with Crippen LogP contribution >= 0.6 is 11.8 Å². The molecule has 108 valence electrons. The fraction of sp³-hybridized carbons (Fsp3) is 0.188. The number of ether oxygens (including phenoxy) is 1. The van der Waals surface area contributed by atoms with Crippen LogP contribution in [0.5, 0.6) is 5.75 Å².